The lowest BCUT2D eigenvalue weighted by Gasteiger charge is -2.16. The van der Waals surface area contributed by atoms with Gasteiger partial charge in [0.15, 0.2) is 0 Å². The van der Waals surface area contributed by atoms with E-state index in [1.165, 1.54) is 22.3 Å². The lowest BCUT2D eigenvalue weighted by molar-refractivity contribution is 0.411. The molecule has 2 heteroatoms. The Morgan fingerprint density at radius 2 is 1.68 bits per heavy atom. The Morgan fingerprint density at radius 1 is 1.00 bits per heavy atom. The molecule has 19 heavy (non-hydrogen) atoms. The van der Waals surface area contributed by atoms with Gasteiger partial charge in [-0.15, -0.1) is 0 Å². The lowest BCUT2D eigenvalue weighted by atomic mass is 9.92. The second-order valence-electron chi connectivity index (χ2n) is 5.01. The normalized spacial score (nSPS) is 12.3. The Balaban J connectivity index is 2.63. The number of methoxy groups -OCH3 is 1. The van der Waals surface area contributed by atoms with Gasteiger partial charge in [0, 0.05) is 6.04 Å². The highest BCUT2D eigenvalue weighted by atomic mass is 16.5. The van der Waals surface area contributed by atoms with Crippen LogP contribution in [0.25, 0.3) is 11.1 Å². The van der Waals surface area contributed by atoms with Gasteiger partial charge in [-0.25, -0.2) is 0 Å². The summed E-state index contributed by atoms with van der Waals surface area (Å²) in [5, 5.41) is 0. The van der Waals surface area contributed by atoms with E-state index in [0.29, 0.717) is 0 Å². The molecule has 2 aromatic rings. The summed E-state index contributed by atoms with van der Waals surface area (Å²) in [6.45, 7) is 6.19. The van der Waals surface area contributed by atoms with Gasteiger partial charge in [-0.1, -0.05) is 24.3 Å². The van der Waals surface area contributed by atoms with E-state index in [9.17, 15) is 0 Å². The van der Waals surface area contributed by atoms with Crippen molar-refractivity contribution in [3.63, 3.8) is 0 Å². The van der Waals surface area contributed by atoms with Crippen molar-refractivity contribution >= 4 is 0 Å². The van der Waals surface area contributed by atoms with Crippen LogP contribution in [0.15, 0.2) is 36.4 Å². The van der Waals surface area contributed by atoms with E-state index in [1.807, 2.05) is 13.0 Å². The maximum Gasteiger partial charge on any atom is 0.122 e. The van der Waals surface area contributed by atoms with E-state index in [2.05, 4.69) is 44.2 Å². The van der Waals surface area contributed by atoms with Gasteiger partial charge in [0.05, 0.1) is 7.11 Å². The zero-order valence-electron chi connectivity index (χ0n) is 12.0. The second-order valence-corrected chi connectivity index (χ2v) is 5.01. The molecule has 2 aromatic carbocycles. The molecule has 0 bridgehead atoms. The number of aryl methyl sites for hydroxylation is 2. The van der Waals surface area contributed by atoms with Gasteiger partial charge in [0.25, 0.3) is 0 Å². The van der Waals surface area contributed by atoms with Crippen molar-refractivity contribution in [3.05, 3.63) is 53.1 Å². The van der Waals surface area contributed by atoms with Crippen molar-refractivity contribution < 1.29 is 4.74 Å². The molecule has 0 heterocycles. The maximum absolute atomic E-state index is 6.07. The minimum atomic E-state index is 0.0259. The van der Waals surface area contributed by atoms with E-state index in [4.69, 9.17) is 10.5 Å². The minimum Gasteiger partial charge on any atom is -0.496 e. The molecule has 0 aliphatic carbocycles. The third-order valence-corrected chi connectivity index (χ3v) is 3.48. The number of hydrogen-bond donors (Lipinski definition) is 1. The van der Waals surface area contributed by atoms with Crippen LogP contribution in [-0.2, 0) is 0 Å². The summed E-state index contributed by atoms with van der Waals surface area (Å²) < 4.78 is 5.37. The smallest absolute Gasteiger partial charge is 0.122 e. The van der Waals surface area contributed by atoms with Crippen LogP contribution < -0.4 is 10.5 Å². The van der Waals surface area contributed by atoms with Crippen molar-refractivity contribution in [1.29, 1.82) is 0 Å². The lowest BCUT2D eigenvalue weighted by Crippen LogP contribution is -2.07. The van der Waals surface area contributed by atoms with Crippen molar-refractivity contribution in [2.45, 2.75) is 26.8 Å². The third kappa shape index (κ3) is 2.64. The Kier molecular flexibility index (Phi) is 3.91. The Labute approximate surface area is 115 Å². The second kappa shape index (κ2) is 5.45. The molecule has 0 aliphatic heterocycles. The summed E-state index contributed by atoms with van der Waals surface area (Å²) in [5.74, 6) is 0.930. The van der Waals surface area contributed by atoms with Crippen LogP contribution in [-0.4, -0.2) is 7.11 Å². The molecule has 2 nitrogen and oxygen atoms in total. The first kappa shape index (κ1) is 13.6. The van der Waals surface area contributed by atoms with Gasteiger partial charge in [-0.05, 0) is 60.7 Å². The standard InChI is InChI=1S/C17H21NO/c1-11-10-17(19-4)12(2)9-16(11)15-8-6-5-7-14(15)13(3)18/h5-10,13H,18H2,1-4H3. The summed E-state index contributed by atoms with van der Waals surface area (Å²) in [6, 6.07) is 12.6. The van der Waals surface area contributed by atoms with Crippen molar-refractivity contribution in [2.24, 2.45) is 5.73 Å². The molecule has 1 atom stereocenters. The number of hydrogen-bond acceptors (Lipinski definition) is 2. The average Bonchev–Trinajstić information content (AvgIpc) is 2.40. The van der Waals surface area contributed by atoms with Gasteiger partial charge in [0.1, 0.15) is 5.75 Å². The van der Waals surface area contributed by atoms with Crippen molar-refractivity contribution in [1.82, 2.24) is 0 Å². The number of benzene rings is 2. The average molecular weight is 255 g/mol. The Morgan fingerprint density at radius 3 is 2.32 bits per heavy atom. The molecule has 0 aliphatic rings. The third-order valence-electron chi connectivity index (χ3n) is 3.48. The molecule has 0 fully saturated rings. The molecular weight excluding hydrogens is 234 g/mol. The van der Waals surface area contributed by atoms with Gasteiger partial charge < -0.3 is 10.5 Å². The van der Waals surface area contributed by atoms with Crippen molar-refractivity contribution in [2.75, 3.05) is 7.11 Å². The predicted octanol–water partition coefficient (Wildman–Crippen LogP) is 4.00. The van der Waals surface area contributed by atoms with E-state index in [0.717, 1.165) is 11.3 Å². The molecule has 0 amide bonds. The minimum absolute atomic E-state index is 0.0259. The van der Waals surface area contributed by atoms with Gasteiger partial charge >= 0.3 is 0 Å². The zero-order chi connectivity index (χ0) is 14.0. The first-order valence-corrected chi connectivity index (χ1v) is 6.54. The number of ether oxygens (including phenoxy) is 1. The summed E-state index contributed by atoms with van der Waals surface area (Å²) in [5.41, 5.74) is 12.0. The first-order valence-electron chi connectivity index (χ1n) is 6.54. The van der Waals surface area contributed by atoms with Crippen LogP contribution >= 0.6 is 0 Å². The molecule has 100 valence electrons. The molecule has 2 N–H and O–H groups in total. The topological polar surface area (TPSA) is 35.2 Å². The first-order chi connectivity index (χ1) is 9.04. The Hall–Kier alpha value is -1.80. The molecular formula is C17H21NO. The fraction of sp³-hybridized carbons (Fsp3) is 0.294. The Bertz CT molecular complexity index is 588. The fourth-order valence-corrected chi connectivity index (χ4v) is 2.44. The molecule has 1 unspecified atom stereocenters. The van der Waals surface area contributed by atoms with E-state index in [-0.39, 0.29) is 6.04 Å². The van der Waals surface area contributed by atoms with Gasteiger partial charge in [0.2, 0.25) is 0 Å². The molecule has 0 aromatic heterocycles. The monoisotopic (exact) mass is 255 g/mol. The molecule has 0 spiro atoms. The van der Waals surface area contributed by atoms with Crippen LogP contribution in [0.3, 0.4) is 0 Å². The van der Waals surface area contributed by atoms with Crippen LogP contribution in [0.4, 0.5) is 0 Å². The highest BCUT2D eigenvalue weighted by Gasteiger charge is 2.12. The van der Waals surface area contributed by atoms with Crippen molar-refractivity contribution in [3.8, 4) is 16.9 Å². The largest absolute Gasteiger partial charge is 0.496 e. The van der Waals surface area contributed by atoms with E-state index < -0.39 is 0 Å². The predicted molar refractivity (Wildman–Crippen MR) is 80.5 cm³/mol. The SMILES string of the molecule is COc1cc(C)c(-c2ccccc2C(C)N)cc1C. The summed E-state index contributed by atoms with van der Waals surface area (Å²) in [4.78, 5) is 0. The van der Waals surface area contributed by atoms with Gasteiger partial charge in [-0.3, -0.25) is 0 Å². The summed E-state index contributed by atoms with van der Waals surface area (Å²) >= 11 is 0. The highest BCUT2D eigenvalue weighted by molar-refractivity contribution is 5.73. The zero-order valence-corrected chi connectivity index (χ0v) is 12.0. The van der Waals surface area contributed by atoms with Crippen LogP contribution in [0, 0.1) is 13.8 Å². The van der Waals surface area contributed by atoms with Crippen LogP contribution in [0.5, 0.6) is 5.75 Å². The maximum atomic E-state index is 6.07. The number of nitrogens with two attached hydrogens (primary N) is 1. The summed E-state index contributed by atoms with van der Waals surface area (Å²) in [6.07, 6.45) is 0. The fourth-order valence-electron chi connectivity index (χ4n) is 2.44. The van der Waals surface area contributed by atoms with Gasteiger partial charge in [-0.2, -0.15) is 0 Å². The summed E-state index contributed by atoms with van der Waals surface area (Å²) in [7, 11) is 1.71. The van der Waals surface area contributed by atoms with Crippen LogP contribution in [0.2, 0.25) is 0 Å². The van der Waals surface area contributed by atoms with E-state index in [1.54, 1.807) is 7.11 Å². The quantitative estimate of drug-likeness (QED) is 0.899. The molecule has 0 saturated carbocycles. The molecule has 0 saturated heterocycles. The molecule has 0 radical (unpaired) electrons. The number of rotatable bonds is 3. The van der Waals surface area contributed by atoms with E-state index >= 15 is 0 Å². The highest BCUT2D eigenvalue weighted by Crippen LogP contribution is 2.33. The molecule has 2 rings (SSSR count). The van der Waals surface area contributed by atoms with Crippen LogP contribution in [0.1, 0.15) is 29.7 Å².